The van der Waals surface area contributed by atoms with E-state index >= 15 is 0 Å². The summed E-state index contributed by atoms with van der Waals surface area (Å²) in [7, 11) is 0. The molecule has 3 aromatic carbocycles. The Kier molecular flexibility index (Phi) is 7.80. The Morgan fingerprint density at radius 3 is 2.00 bits per heavy atom. The number of azide groups is 1. The average molecular weight is 414 g/mol. The lowest BCUT2D eigenvalue weighted by molar-refractivity contribution is -0.131. The summed E-state index contributed by atoms with van der Waals surface area (Å²) >= 11 is 0. The topological polar surface area (TPSA) is 104 Å². The van der Waals surface area contributed by atoms with Gasteiger partial charge in [0.25, 0.3) is 5.91 Å². The molecule has 0 saturated carbocycles. The van der Waals surface area contributed by atoms with Crippen LogP contribution in [0.25, 0.3) is 10.4 Å². The number of hydrogen-bond donors (Lipinski definition) is 1. The number of carbonyl (C=O) groups is 2. The average Bonchev–Trinajstić information content (AvgIpc) is 2.82. The zero-order chi connectivity index (χ0) is 21.9. The second kappa shape index (κ2) is 11.2. The van der Waals surface area contributed by atoms with E-state index in [0.717, 1.165) is 11.1 Å². The molecule has 3 aromatic rings. The molecule has 0 spiro atoms. The Morgan fingerprint density at radius 1 is 0.871 bits per heavy atom. The van der Waals surface area contributed by atoms with Crippen molar-refractivity contribution in [3.05, 3.63) is 118 Å². The van der Waals surface area contributed by atoms with E-state index in [9.17, 15) is 9.59 Å². The van der Waals surface area contributed by atoms with Gasteiger partial charge >= 0.3 is 5.97 Å². The number of nitrogens with one attached hydrogen (secondary N) is 1. The van der Waals surface area contributed by atoms with E-state index in [1.54, 1.807) is 30.3 Å². The monoisotopic (exact) mass is 414 g/mol. The van der Waals surface area contributed by atoms with Crippen molar-refractivity contribution < 1.29 is 14.3 Å². The highest BCUT2D eigenvalue weighted by Gasteiger charge is 2.32. The lowest BCUT2D eigenvalue weighted by Gasteiger charge is -2.23. The van der Waals surface area contributed by atoms with E-state index in [-0.39, 0.29) is 13.0 Å². The van der Waals surface area contributed by atoms with Gasteiger partial charge < -0.3 is 10.1 Å². The molecule has 156 valence electrons. The molecule has 0 aromatic heterocycles. The zero-order valence-electron chi connectivity index (χ0n) is 16.8. The van der Waals surface area contributed by atoms with Crippen LogP contribution in [0.3, 0.4) is 0 Å². The van der Waals surface area contributed by atoms with Crippen LogP contribution >= 0.6 is 0 Å². The number of nitrogens with zero attached hydrogens (tertiary/aromatic N) is 3. The van der Waals surface area contributed by atoms with Crippen LogP contribution in [0.1, 0.15) is 21.5 Å². The van der Waals surface area contributed by atoms with Crippen molar-refractivity contribution in [2.45, 2.75) is 25.1 Å². The first-order valence-electron chi connectivity index (χ1n) is 9.83. The number of esters is 1. The minimum atomic E-state index is -1.28. The summed E-state index contributed by atoms with van der Waals surface area (Å²) in [6.07, 6.45) is -1.04. The number of ether oxygens (including phenoxy) is 1. The van der Waals surface area contributed by atoms with Crippen molar-refractivity contribution in [1.29, 1.82) is 0 Å². The molecule has 31 heavy (non-hydrogen) atoms. The van der Waals surface area contributed by atoms with Crippen LogP contribution < -0.4 is 5.32 Å². The van der Waals surface area contributed by atoms with Gasteiger partial charge in [-0.1, -0.05) is 84.0 Å². The summed E-state index contributed by atoms with van der Waals surface area (Å²) in [5, 5.41) is 6.57. The van der Waals surface area contributed by atoms with Gasteiger partial charge in [-0.05, 0) is 35.2 Å². The second-order valence-corrected chi connectivity index (χ2v) is 6.86. The predicted molar refractivity (Wildman–Crippen MR) is 117 cm³/mol. The van der Waals surface area contributed by atoms with Gasteiger partial charge in [-0.3, -0.25) is 4.79 Å². The summed E-state index contributed by atoms with van der Waals surface area (Å²) < 4.78 is 5.56. The van der Waals surface area contributed by atoms with Crippen LogP contribution in [0.15, 0.2) is 96.1 Å². The van der Waals surface area contributed by atoms with Gasteiger partial charge in [-0.2, -0.15) is 0 Å². The summed E-state index contributed by atoms with van der Waals surface area (Å²) in [6, 6.07) is 26.1. The largest absolute Gasteiger partial charge is 0.448 e. The molecule has 2 atom stereocenters. The molecule has 0 saturated heterocycles. The van der Waals surface area contributed by atoms with Crippen molar-refractivity contribution in [3.63, 3.8) is 0 Å². The SMILES string of the molecule is [N-]=[N+]=N[C@@H](Cc1ccccc1)C(OC(=O)c1ccccc1)C(=O)NCc1ccccc1. The van der Waals surface area contributed by atoms with Crippen molar-refractivity contribution in [3.8, 4) is 0 Å². The van der Waals surface area contributed by atoms with Gasteiger partial charge in [0.2, 0.25) is 0 Å². The predicted octanol–water partition coefficient (Wildman–Crippen LogP) is 4.45. The van der Waals surface area contributed by atoms with Crippen LogP contribution in [0.5, 0.6) is 0 Å². The molecule has 0 bridgehead atoms. The molecular formula is C24H22N4O3. The number of hydrogen-bond acceptors (Lipinski definition) is 4. The number of benzene rings is 3. The van der Waals surface area contributed by atoms with Gasteiger partial charge in [-0.15, -0.1) is 0 Å². The highest BCUT2D eigenvalue weighted by molar-refractivity contribution is 5.92. The highest BCUT2D eigenvalue weighted by Crippen LogP contribution is 2.16. The maximum absolute atomic E-state index is 13.0. The Balaban J connectivity index is 1.82. The van der Waals surface area contributed by atoms with E-state index in [4.69, 9.17) is 10.3 Å². The molecule has 0 heterocycles. The maximum atomic E-state index is 13.0. The van der Waals surface area contributed by atoms with Crippen LogP contribution in [0.4, 0.5) is 0 Å². The molecule has 0 radical (unpaired) electrons. The molecule has 1 unspecified atom stereocenters. The van der Waals surface area contributed by atoms with Gasteiger partial charge in [-0.25, -0.2) is 4.79 Å². The Hall–Kier alpha value is -4.09. The second-order valence-electron chi connectivity index (χ2n) is 6.86. The van der Waals surface area contributed by atoms with Crippen LogP contribution in [0, 0.1) is 0 Å². The third-order valence-corrected chi connectivity index (χ3v) is 4.65. The Labute approximate surface area is 180 Å². The molecule has 7 nitrogen and oxygen atoms in total. The molecule has 3 rings (SSSR count). The minimum absolute atomic E-state index is 0.246. The molecule has 1 N–H and O–H groups in total. The lowest BCUT2D eigenvalue weighted by Crippen LogP contribution is -2.45. The zero-order valence-corrected chi connectivity index (χ0v) is 16.8. The van der Waals surface area contributed by atoms with E-state index in [1.807, 2.05) is 60.7 Å². The van der Waals surface area contributed by atoms with Crippen LogP contribution in [0.2, 0.25) is 0 Å². The fraction of sp³-hybridized carbons (Fsp3) is 0.167. The Bertz CT molecular complexity index is 1040. The van der Waals surface area contributed by atoms with Gasteiger partial charge in [0.15, 0.2) is 6.10 Å². The summed E-state index contributed by atoms with van der Waals surface area (Å²) in [6.45, 7) is 0.257. The third-order valence-electron chi connectivity index (χ3n) is 4.65. The summed E-state index contributed by atoms with van der Waals surface area (Å²) in [5.74, 6) is -1.19. The van der Waals surface area contributed by atoms with Crippen LogP contribution in [-0.2, 0) is 22.5 Å². The fourth-order valence-corrected chi connectivity index (χ4v) is 3.08. The van der Waals surface area contributed by atoms with Crippen LogP contribution in [-0.4, -0.2) is 24.0 Å². The number of carbonyl (C=O) groups excluding carboxylic acids is 2. The van der Waals surface area contributed by atoms with E-state index in [0.29, 0.717) is 5.56 Å². The molecule has 0 aliphatic carbocycles. The van der Waals surface area contributed by atoms with Crippen molar-refractivity contribution in [2.24, 2.45) is 5.11 Å². The first-order chi connectivity index (χ1) is 15.2. The van der Waals surface area contributed by atoms with Gasteiger partial charge in [0.05, 0.1) is 11.6 Å². The standard InChI is InChI=1S/C24H22N4O3/c25-28-27-21(16-18-10-4-1-5-11-18)22(31-24(30)20-14-8-3-9-15-20)23(29)26-17-19-12-6-2-7-13-19/h1-15,21-22H,16-17H2,(H,26,29)/t21-,22?/m0/s1. The summed E-state index contributed by atoms with van der Waals surface area (Å²) in [4.78, 5) is 28.6. The van der Waals surface area contributed by atoms with E-state index in [2.05, 4.69) is 15.3 Å². The van der Waals surface area contributed by atoms with Gasteiger partial charge in [0, 0.05) is 11.5 Å². The molecule has 1 amide bonds. The van der Waals surface area contributed by atoms with Crippen molar-refractivity contribution in [2.75, 3.05) is 0 Å². The van der Waals surface area contributed by atoms with Crippen molar-refractivity contribution in [1.82, 2.24) is 5.32 Å². The van der Waals surface area contributed by atoms with Crippen molar-refractivity contribution >= 4 is 11.9 Å². The fourth-order valence-electron chi connectivity index (χ4n) is 3.08. The highest BCUT2D eigenvalue weighted by atomic mass is 16.5. The van der Waals surface area contributed by atoms with E-state index < -0.39 is 24.0 Å². The Morgan fingerprint density at radius 2 is 1.42 bits per heavy atom. The third kappa shape index (κ3) is 6.45. The van der Waals surface area contributed by atoms with Gasteiger partial charge in [0.1, 0.15) is 0 Å². The lowest BCUT2D eigenvalue weighted by atomic mass is 10.0. The molecular weight excluding hydrogens is 392 g/mol. The molecule has 0 fully saturated rings. The normalized spacial score (nSPS) is 12.1. The van der Waals surface area contributed by atoms with E-state index in [1.165, 1.54) is 0 Å². The molecule has 0 aliphatic rings. The number of rotatable bonds is 9. The smallest absolute Gasteiger partial charge is 0.338 e. The minimum Gasteiger partial charge on any atom is -0.448 e. The molecule has 0 aliphatic heterocycles. The molecule has 7 heteroatoms. The first-order valence-corrected chi connectivity index (χ1v) is 9.83. The quantitative estimate of drug-likeness (QED) is 0.242. The summed E-state index contributed by atoms with van der Waals surface area (Å²) in [5.41, 5.74) is 11.2. The number of amides is 1. The maximum Gasteiger partial charge on any atom is 0.338 e. The first kappa shape index (κ1) is 21.6.